The highest BCUT2D eigenvalue weighted by Gasteiger charge is 2.34. The van der Waals surface area contributed by atoms with Gasteiger partial charge in [0, 0.05) is 6.61 Å². The average Bonchev–Trinajstić information content (AvgIpc) is 2.18. The number of carbonyl (C=O) groups is 2. The van der Waals surface area contributed by atoms with Crippen molar-refractivity contribution in [1.29, 1.82) is 0 Å². The Kier molecular flexibility index (Phi) is 6.03. The van der Waals surface area contributed by atoms with Crippen molar-refractivity contribution in [2.45, 2.75) is 52.2 Å². The average molecular weight is 231 g/mol. The number of hydrogen-bond donors (Lipinski definition) is 2. The lowest BCUT2D eigenvalue weighted by Crippen LogP contribution is -2.54. The van der Waals surface area contributed by atoms with Crippen LogP contribution in [0.2, 0.25) is 0 Å². The summed E-state index contributed by atoms with van der Waals surface area (Å²) in [6.45, 7) is 7.19. The van der Waals surface area contributed by atoms with Gasteiger partial charge in [-0.1, -0.05) is 13.3 Å². The normalized spacial score (nSPS) is 16.2. The summed E-state index contributed by atoms with van der Waals surface area (Å²) in [5, 5.41) is 11.6. The first-order valence-corrected chi connectivity index (χ1v) is 5.54. The molecule has 0 saturated carbocycles. The van der Waals surface area contributed by atoms with Gasteiger partial charge >= 0.3 is 5.97 Å². The van der Waals surface area contributed by atoms with E-state index < -0.39 is 17.6 Å². The largest absolute Gasteiger partial charge is 0.480 e. The van der Waals surface area contributed by atoms with Gasteiger partial charge < -0.3 is 15.2 Å². The van der Waals surface area contributed by atoms with Gasteiger partial charge in [0.1, 0.15) is 11.6 Å². The van der Waals surface area contributed by atoms with Crippen molar-refractivity contribution in [3.05, 3.63) is 0 Å². The van der Waals surface area contributed by atoms with Crippen LogP contribution in [-0.2, 0) is 14.3 Å². The molecule has 0 heterocycles. The predicted octanol–water partition coefficient (Wildman–Crippen LogP) is 1.17. The van der Waals surface area contributed by atoms with Crippen LogP contribution >= 0.6 is 0 Å². The highest BCUT2D eigenvalue weighted by molar-refractivity contribution is 5.88. The summed E-state index contributed by atoms with van der Waals surface area (Å²) in [7, 11) is 0. The van der Waals surface area contributed by atoms with E-state index in [2.05, 4.69) is 5.32 Å². The molecule has 0 spiro atoms. The molecule has 0 radical (unpaired) electrons. The Morgan fingerprint density at radius 2 is 2.00 bits per heavy atom. The molecular formula is C11H21NO4. The van der Waals surface area contributed by atoms with E-state index >= 15 is 0 Å². The standard InChI is InChI=1S/C11H21NO4/c1-5-7-11(4,10(14)15)12-9(13)8(3)16-6-2/h8H,5-7H2,1-4H3,(H,12,13)(H,14,15). The van der Waals surface area contributed by atoms with Crippen molar-refractivity contribution in [3.8, 4) is 0 Å². The van der Waals surface area contributed by atoms with Gasteiger partial charge in [-0.25, -0.2) is 4.79 Å². The zero-order chi connectivity index (χ0) is 12.8. The van der Waals surface area contributed by atoms with Crippen molar-refractivity contribution in [1.82, 2.24) is 5.32 Å². The second-order valence-electron chi connectivity index (χ2n) is 3.97. The first-order chi connectivity index (χ1) is 7.37. The topological polar surface area (TPSA) is 75.6 Å². The van der Waals surface area contributed by atoms with Gasteiger partial charge in [0.2, 0.25) is 5.91 Å². The Labute approximate surface area is 96.2 Å². The lowest BCUT2D eigenvalue weighted by atomic mass is 9.96. The van der Waals surface area contributed by atoms with Gasteiger partial charge in [0.25, 0.3) is 0 Å². The first kappa shape index (κ1) is 14.9. The van der Waals surface area contributed by atoms with E-state index in [1.54, 1.807) is 13.8 Å². The third-order valence-corrected chi connectivity index (χ3v) is 2.41. The lowest BCUT2D eigenvalue weighted by Gasteiger charge is -2.27. The molecule has 0 aliphatic rings. The Morgan fingerprint density at radius 3 is 2.38 bits per heavy atom. The summed E-state index contributed by atoms with van der Waals surface area (Å²) in [6.07, 6.45) is 0.458. The van der Waals surface area contributed by atoms with Crippen molar-refractivity contribution >= 4 is 11.9 Å². The molecular weight excluding hydrogens is 210 g/mol. The van der Waals surface area contributed by atoms with Crippen molar-refractivity contribution < 1.29 is 19.4 Å². The molecule has 2 unspecified atom stereocenters. The molecule has 0 bridgehead atoms. The Hall–Kier alpha value is -1.10. The molecule has 0 rings (SSSR count). The maximum absolute atomic E-state index is 11.6. The van der Waals surface area contributed by atoms with Crippen molar-refractivity contribution in [3.63, 3.8) is 0 Å². The number of carboxylic acid groups (broad SMARTS) is 1. The summed E-state index contributed by atoms with van der Waals surface area (Å²) in [4.78, 5) is 22.7. The monoisotopic (exact) mass is 231 g/mol. The summed E-state index contributed by atoms with van der Waals surface area (Å²) in [5.74, 6) is -1.41. The molecule has 0 aromatic carbocycles. The van der Waals surface area contributed by atoms with Crippen LogP contribution in [0, 0.1) is 0 Å². The number of carboxylic acids is 1. The van der Waals surface area contributed by atoms with Gasteiger partial charge in [-0.15, -0.1) is 0 Å². The molecule has 0 aromatic rings. The molecule has 2 atom stereocenters. The van der Waals surface area contributed by atoms with Crippen LogP contribution < -0.4 is 5.32 Å². The van der Waals surface area contributed by atoms with Crippen LogP contribution in [0.4, 0.5) is 0 Å². The molecule has 0 aliphatic heterocycles. The molecule has 0 saturated heterocycles. The quantitative estimate of drug-likeness (QED) is 0.689. The van der Waals surface area contributed by atoms with E-state index in [-0.39, 0.29) is 5.91 Å². The summed E-state index contributed by atoms with van der Waals surface area (Å²) >= 11 is 0. The Balaban J connectivity index is 4.52. The van der Waals surface area contributed by atoms with E-state index in [0.29, 0.717) is 19.4 Å². The molecule has 0 aromatic heterocycles. The van der Waals surface area contributed by atoms with Crippen LogP contribution in [0.25, 0.3) is 0 Å². The van der Waals surface area contributed by atoms with Gasteiger partial charge in [-0.2, -0.15) is 0 Å². The second kappa shape index (κ2) is 6.48. The molecule has 16 heavy (non-hydrogen) atoms. The minimum Gasteiger partial charge on any atom is -0.480 e. The number of ether oxygens (including phenoxy) is 1. The van der Waals surface area contributed by atoms with E-state index in [4.69, 9.17) is 9.84 Å². The second-order valence-corrected chi connectivity index (χ2v) is 3.97. The van der Waals surface area contributed by atoms with Crippen LogP contribution in [0.1, 0.15) is 40.5 Å². The number of carbonyl (C=O) groups excluding carboxylic acids is 1. The van der Waals surface area contributed by atoms with Gasteiger partial charge in [-0.3, -0.25) is 4.79 Å². The number of hydrogen-bond acceptors (Lipinski definition) is 3. The van der Waals surface area contributed by atoms with Crippen LogP contribution in [0.15, 0.2) is 0 Å². The fourth-order valence-electron chi connectivity index (χ4n) is 1.42. The molecule has 5 nitrogen and oxygen atoms in total. The van der Waals surface area contributed by atoms with E-state index in [1.165, 1.54) is 6.92 Å². The van der Waals surface area contributed by atoms with Gasteiger partial charge in [0.05, 0.1) is 0 Å². The third kappa shape index (κ3) is 4.18. The maximum atomic E-state index is 11.6. The summed E-state index contributed by atoms with van der Waals surface area (Å²) in [6, 6.07) is 0. The number of amides is 1. The van der Waals surface area contributed by atoms with Gasteiger partial charge in [-0.05, 0) is 27.2 Å². The summed E-state index contributed by atoms with van der Waals surface area (Å²) in [5.41, 5.74) is -1.21. The third-order valence-electron chi connectivity index (χ3n) is 2.41. The van der Waals surface area contributed by atoms with E-state index in [0.717, 1.165) is 0 Å². The number of nitrogens with one attached hydrogen (secondary N) is 1. The number of rotatable bonds is 7. The minimum atomic E-state index is -1.21. The lowest BCUT2D eigenvalue weighted by molar-refractivity contribution is -0.149. The zero-order valence-corrected chi connectivity index (χ0v) is 10.4. The van der Waals surface area contributed by atoms with Crippen LogP contribution in [-0.4, -0.2) is 35.2 Å². The fourth-order valence-corrected chi connectivity index (χ4v) is 1.42. The number of aliphatic carboxylic acids is 1. The molecule has 2 N–H and O–H groups in total. The molecule has 0 fully saturated rings. The van der Waals surface area contributed by atoms with Crippen molar-refractivity contribution in [2.24, 2.45) is 0 Å². The predicted molar refractivity (Wildman–Crippen MR) is 60.2 cm³/mol. The first-order valence-electron chi connectivity index (χ1n) is 5.54. The molecule has 0 aliphatic carbocycles. The van der Waals surface area contributed by atoms with E-state index in [1.807, 2.05) is 6.92 Å². The Bertz CT molecular complexity index is 254. The van der Waals surface area contributed by atoms with Gasteiger partial charge in [0.15, 0.2) is 0 Å². The van der Waals surface area contributed by atoms with Crippen LogP contribution in [0.5, 0.6) is 0 Å². The fraction of sp³-hybridized carbons (Fsp3) is 0.818. The smallest absolute Gasteiger partial charge is 0.329 e. The summed E-state index contributed by atoms with van der Waals surface area (Å²) < 4.78 is 5.10. The highest BCUT2D eigenvalue weighted by atomic mass is 16.5. The molecule has 94 valence electrons. The Morgan fingerprint density at radius 1 is 1.44 bits per heavy atom. The van der Waals surface area contributed by atoms with E-state index in [9.17, 15) is 9.59 Å². The molecule has 5 heteroatoms. The van der Waals surface area contributed by atoms with Crippen LogP contribution in [0.3, 0.4) is 0 Å². The molecule has 1 amide bonds. The highest BCUT2D eigenvalue weighted by Crippen LogP contribution is 2.13. The maximum Gasteiger partial charge on any atom is 0.329 e. The zero-order valence-electron chi connectivity index (χ0n) is 10.4. The minimum absolute atomic E-state index is 0.389. The SMILES string of the molecule is CCCC(C)(NC(=O)C(C)OCC)C(=O)O. The van der Waals surface area contributed by atoms with Crippen molar-refractivity contribution in [2.75, 3.05) is 6.61 Å².